The molecule has 0 atom stereocenters. The maximum atomic E-state index is 12.3. The van der Waals surface area contributed by atoms with Gasteiger partial charge in [-0.15, -0.1) is 0 Å². The number of aromatic nitrogens is 1. The first kappa shape index (κ1) is 10.4. The third-order valence-electron chi connectivity index (χ3n) is 1.38. The minimum absolute atomic E-state index is 0.104. The van der Waals surface area contributed by atoms with Crippen LogP contribution in [0, 0.1) is 3.70 Å². The minimum Gasteiger partial charge on any atom is -0.505 e. The molecule has 1 rings (SSSR count). The molecule has 13 heavy (non-hydrogen) atoms. The van der Waals surface area contributed by atoms with E-state index >= 15 is 0 Å². The quantitative estimate of drug-likeness (QED) is 0.673. The molecule has 1 aromatic heterocycles. The largest absolute Gasteiger partial charge is 0.505 e. The predicted molar refractivity (Wildman–Crippen MR) is 50.1 cm³/mol. The van der Waals surface area contributed by atoms with Crippen LogP contribution < -0.4 is 4.74 Å². The highest BCUT2D eigenvalue weighted by atomic mass is 127. The Morgan fingerprint density at radius 1 is 1.62 bits per heavy atom. The molecule has 0 saturated carbocycles. The number of pyridine rings is 1. The van der Waals surface area contributed by atoms with Crippen LogP contribution in [0.2, 0.25) is 0 Å². The third-order valence-corrected chi connectivity index (χ3v) is 2.17. The van der Waals surface area contributed by atoms with Gasteiger partial charge in [-0.1, -0.05) is 0 Å². The molecule has 6 heteroatoms. The average Bonchev–Trinajstić information content (AvgIpc) is 2.08. The summed E-state index contributed by atoms with van der Waals surface area (Å²) in [6, 6.07) is 1.12. The van der Waals surface area contributed by atoms with Crippen LogP contribution in [0.4, 0.5) is 8.78 Å². The van der Waals surface area contributed by atoms with E-state index in [-0.39, 0.29) is 15.2 Å². The number of ether oxygens (including phenoxy) is 1. The predicted octanol–water partition coefficient (Wildman–Crippen LogP) is 2.34. The first-order chi connectivity index (χ1) is 6.06. The summed E-state index contributed by atoms with van der Waals surface area (Å²) in [7, 11) is 1.25. The van der Waals surface area contributed by atoms with Crippen LogP contribution in [0.3, 0.4) is 0 Å². The average molecular weight is 301 g/mol. The van der Waals surface area contributed by atoms with Crippen LogP contribution in [-0.2, 0) is 0 Å². The first-order valence-electron chi connectivity index (χ1n) is 3.27. The topological polar surface area (TPSA) is 42.4 Å². The molecule has 1 N–H and O–H groups in total. The van der Waals surface area contributed by atoms with Gasteiger partial charge in [0.2, 0.25) is 0 Å². The Bertz CT molecular complexity index is 320. The fourth-order valence-corrected chi connectivity index (χ4v) is 1.21. The maximum Gasteiger partial charge on any atom is 0.284 e. The Hall–Kier alpha value is -0.660. The van der Waals surface area contributed by atoms with Crippen molar-refractivity contribution in [2.24, 2.45) is 0 Å². The lowest BCUT2D eigenvalue weighted by atomic mass is 10.3. The standard InChI is InChI=1S/C7H6F2INO2/c1-13-4-2-3(12)7(10)11-5(4)6(8)9/h2,6,12H,1H3. The Labute approximate surface area is 86.9 Å². The first-order valence-corrected chi connectivity index (χ1v) is 4.35. The van der Waals surface area contributed by atoms with Crippen molar-refractivity contribution in [3.8, 4) is 11.5 Å². The van der Waals surface area contributed by atoms with Gasteiger partial charge in [-0.25, -0.2) is 13.8 Å². The summed E-state index contributed by atoms with van der Waals surface area (Å²) < 4.78 is 29.4. The van der Waals surface area contributed by atoms with Crippen molar-refractivity contribution in [3.05, 3.63) is 15.5 Å². The molecule has 0 fully saturated rings. The van der Waals surface area contributed by atoms with Crippen molar-refractivity contribution in [1.29, 1.82) is 0 Å². The smallest absolute Gasteiger partial charge is 0.284 e. The van der Waals surface area contributed by atoms with Crippen LogP contribution in [0.1, 0.15) is 12.1 Å². The lowest BCUT2D eigenvalue weighted by molar-refractivity contribution is 0.141. The number of hydrogen-bond donors (Lipinski definition) is 1. The van der Waals surface area contributed by atoms with Crippen molar-refractivity contribution in [2.75, 3.05) is 7.11 Å². The van der Waals surface area contributed by atoms with E-state index in [0.717, 1.165) is 6.07 Å². The Morgan fingerprint density at radius 3 is 2.69 bits per heavy atom. The number of nitrogens with zero attached hydrogens (tertiary/aromatic N) is 1. The molecule has 0 aromatic carbocycles. The number of methoxy groups -OCH3 is 1. The second-order valence-corrected chi connectivity index (χ2v) is 3.21. The molecule has 1 heterocycles. The van der Waals surface area contributed by atoms with Crippen molar-refractivity contribution in [1.82, 2.24) is 4.98 Å². The van der Waals surface area contributed by atoms with E-state index in [4.69, 9.17) is 5.11 Å². The van der Waals surface area contributed by atoms with E-state index in [1.807, 2.05) is 0 Å². The molecule has 0 amide bonds. The van der Waals surface area contributed by atoms with Crippen molar-refractivity contribution in [3.63, 3.8) is 0 Å². The third kappa shape index (κ3) is 2.17. The molecule has 0 radical (unpaired) electrons. The van der Waals surface area contributed by atoms with E-state index in [1.54, 1.807) is 22.6 Å². The molecule has 0 aliphatic rings. The normalized spacial score (nSPS) is 10.5. The highest BCUT2D eigenvalue weighted by Gasteiger charge is 2.18. The summed E-state index contributed by atoms with van der Waals surface area (Å²) >= 11 is 1.67. The fraction of sp³-hybridized carbons (Fsp3) is 0.286. The van der Waals surface area contributed by atoms with Gasteiger partial charge in [-0.05, 0) is 22.6 Å². The Balaban J connectivity index is 3.25. The number of rotatable bonds is 2. The molecule has 0 bridgehead atoms. The molecular weight excluding hydrogens is 295 g/mol. The van der Waals surface area contributed by atoms with Crippen molar-refractivity contribution >= 4 is 22.6 Å². The Morgan fingerprint density at radius 2 is 2.23 bits per heavy atom. The molecule has 0 unspecified atom stereocenters. The summed E-state index contributed by atoms with van der Waals surface area (Å²) in [4.78, 5) is 3.50. The zero-order valence-corrected chi connectivity index (χ0v) is 8.75. The SMILES string of the molecule is COc1cc(O)c(I)nc1C(F)F. The summed E-state index contributed by atoms with van der Waals surface area (Å²) in [5, 5.41) is 9.14. The van der Waals surface area contributed by atoms with Crippen LogP contribution in [-0.4, -0.2) is 17.2 Å². The van der Waals surface area contributed by atoms with Gasteiger partial charge in [0.1, 0.15) is 15.1 Å². The number of halogens is 3. The van der Waals surface area contributed by atoms with E-state index < -0.39 is 12.1 Å². The molecule has 0 aliphatic heterocycles. The van der Waals surface area contributed by atoms with Crippen LogP contribution in [0.25, 0.3) is 0 Å². The van der Waals surface area contributed by atoms with Gasteiger partial charge >= 0.3 is 0 Å². The summed E-state index contributed by atoms with van der Waals surface area (Å²) in [6.45, 7) is 0. The van der Waals surface area contributed by atoms with Gasteiger partial charge in [0, 0.05) is 6.07 Å². The van der Waals surface area contributed by atoms with Gasteiger partial charge in [0.15, 0.2) is 5.75 Å². The van der Waals surface area contributed by atoms with Gasteiger partial charge in [-0.2, -0.15) is 0 Å². The van der Waals surface area contributed by atoms with Crippen LogP contribution >= 0.6 is 22.6 Å². The van der Waals surface area contributed by atoms with Gasteiger partial charge in [0.25, 0.3) is 6.43 Å². The monoisotopic (exact) mass is 301 g/mol. The molecular formula is C7H6F2INO2. The highest BCUT2D eigenvalue weighted by molar-refractivity contribution is 14.1. The highest BCUT2D eigenvalue weighted by Crippen LogP contribution is 2.32. The fourth-order valence-electron chi connectivity index (χ4n) is 0.796. The number of aromatic hydroxyl groups is 1. The van der Waals surface area contributed by atoms with E-state index in [2.05, 4.69) is 9.72 Å². The van der Waals surface area contributed by atoms with Crippen molar-refractivity contribution in [2.45, 2.75) is 6.43 Å². The maximum absolute atomic E-state index is 12.3. The number of alkyl halides is 2. The summed E-state index contributed by atoms with van der Waals surface area (Å²) in [5.74, 6) is -0.269. The lowest BCUT2D eigenvalue weighted by Gasteiger charge is -2.07. The van der Waals surface area contributed by atoms with E-state index in [0.29, 0.717) is 0 Å². The van der Waals surface area contributed by atoms with Gasteiger partial charge < -0.3 is 9.84 Å². The van der Waals surface area contributed by atoms with E-state index in [1.165, 1.54) is 7.11 Å². The van der Waals surface area contributed by atoms with Gasteiger partial charge in [0.05, 0.1) is 7.11 Å². The van der Waals surface area contributed by atoms with Gasteiger partial charge in [-0.3, -0.25) is 0 Å². The molecule has 72 valence electrons. The van der Waals surface area contributed by atoms with Crippen LogP contribution in [0.5, 0.6) is 11.5 Å². The Kier molecular flexibility index (Phi) is 3.23. The molecule has 0 saturated heterocycles. The summed E-state index contributed by atoms with van der Waals surface area (Å²) in [5.41, 5.74) is -0.454. The minimum atomic E-state index is -2.70. The van der Waals surface area contributed by atoms with Crippen molar-refractivity contribution < 1.29 is 18.6 Å². The van der Waals surface area contributed by atoms with Crippen LogP contribution in [0.15, 0.2) is 6.07 Å². The zero-order valence-electron chi connectivity index (χ0n) is 6.59. The molecule has 1 aromatic rings. The van der Waals surface area contributed by atoms with E-state index in [9.17, 15) is 8.78 Å². The second kappa shape index (κ2) is 4.03. The zero-order chi connectivity index (χ0) is 10.0. The molecule has 0 aliphatic carbocycles. The molecule has 3 nitrogen and oxygen atoms in total. The second-order valence-electron chi connectivity index (χ2n) is 2.19. The summed E-state index contributed by atoms with van der Waals surface area (Å²) in [6.07, 6.45) is -2.70. The number of hydrogen-bond acceptors (Lipinski definition) is 3. The molecule has 0 spiro atoms. The lowest BCUT2D eigenvalue weighted by Crippen LogP contribution is -1.98.